The molecule has 1 aromatic rings. The van der Waals surface area contributed by atoms with Crippen LogP contribution in [0.3, 0.4) is 0 Å². The predicted octanol–water partition coefficient (Wildman–Crippen LogP) is 3.63. The van der Waals surface area contributed by atoms with Crippen LogP contribution < -0.4 is 5.01 Å². The maximum Gasteiger partial charge on any atom is 0.438 e. The van der Waals surface area contributed by atoms with Crippen LogP contribution in [0.25, 0.3) is 0 Å². The fraction of sp³-hybridized carbons (Fsp3) is 0.417. The summed E-state index contributed by atoms with van der Waals surface area (Å²) in [7, 11) is 0.612. The highest BCUT2D eigenvalue weighted by Crippen LogP contribution is 2.47. The van der Waals surface area contributed by atoms with E-state index in [9.17, 15) is 36.5 Å². The number of halogens is 6. The molecule has 0 saturated carbocycles. The third-order valence-electron chi connectivity index (χ3n) is 3.38. The van der Waals surface area contributed by atoms with Gasteiger partial charge in [-0.1, -0.05) is 0 Å². The Morgan fingerprint density at radius 2 is 1.75 bits per heavy atom. The Morgan fingerprint density at radius 3 is 2.12 bits per heavy atom. The average Bonchev–Trinajstić information content (AvgIpc) is 2.88. The van der Waals surface area contributed by atoms with Crippen molar-refractivity contribution in [2.24, 2.45) is 5.10 Å². The molecule has 0 fully saturated rings. The molecule has 1 atom stereocenters. The zero-order valence-corrected chi connectivity index (χ0v) is 11.9. The van der Waals surface area contributed by atoms with Crippen molar-refractivity contribution in [2.45, 2.75) is 24.5 Å². The SMILES string of the molecule is COC1(C(F)(F)F)CC(C(F)(F)F)=NN1c1ccc([N+](=O)[O-])cc1. The zero-order chi connectivity index (χ0) is 18.3. The molecule has 0 N–H and O–H groups in total. The van der Waals surface area contributed by atoms with E-state index in [1.807, 2.05) is 0 Å². The lowest BCUT2D eigenvalue weighted by Crippen LogP contribution is -2.56. The summed E-state index contributed by atoms with van der Waals surface area (Å²) >= 11 is 0. The van der Waals surface area contributed by atoms with Crippen molar-refractivity contribution < 1.29 is 36.0 Å². The van der Waals surface area contributed by atoms with E-state index in [4.69, 9.17) is 0 Å². The first kappa shape index (κ1) is 18.0. The minimum Gasteiger partial charge on any atom is -0.349 e. The molecule has 0 radical (unpaired) electrons. The predicted molar refractivity (Wildman–Crippen MR) is 69.5 cm³/mol. The molecule has 1 aliphatic heterocycles. The van der Waals surface area contributed by atoms with Crippen LogP contribution in [-0.4, -0.2) is 35.8 Å². The summed E-state index contributed by atoms with van der Waals surface area (Å²) in [5, 5.41) is 13.6. The summed E-state index contributed by atoms with van der Waals surface area (Å²) in [5.41, 5.74) is -5.89. The van der Waals surface area contributed by atoms with Crippen molar-refractivity contribution in [3.05, 3.63) is 34.4 Å². The van der Waals surface area contributed by atoms with Crippen LogP contribution in [-0.2, 0) is 4.74 Å². The number of hydrogen-bond donors (Lipinski definition) is 0. The Kier molecular flexibility index (Phi) is 4.20. The number of hydrazone groups is 1. The van der Waals surface area contributed by atoms with E-state index in [1.165, 1.54) is 0 Å². The Labute approximate surface area is 130 Å². The molecule has 1 unspecified atom stereocenters. The molecule has 1 heterocycles. The van der Waals surface area contributed by atoms with Gasteiger partial charge < -0.3 is 4.74 Å². The monoisotopic (exact) mass is 357 g/mol. The van der Waals surface area contributed by atoms with Gasteiger partial charge in [-0.3, -0.25) is 10.1 Å². The van der Waals surface area contributed by atoms with Gasteiger partial charge in [-0.25, -0.2) is 5.01 Å². The van der Waals surface area contributed by atoms with Crippen molar-refractivity contribution in [3.63, 3.8) is 0 Å². The second-order valence-corrected chi connectivity index (χ2v) is 4.79. The number of non-ortho nitro benzene ring substituents is 1. The fourth-order valence-electron chi connectivity index (χ4n) is 2.17. The summed E-state index contributed by atoms with van der Waals surface area (Å²) in [6, 6.07) is 3.43. The number of rotatable bonds is 3. The van der Waals surface area contributed by atoms with E-state index in [1.54, 1.807) is 0 Å². The number of ether oxygens (including phenoxy) is 1. The van der Waals surface area contributed by atoms with Crippen LogP contribution in [0.1, 0.15) is 6.42 Å². The number of alkyl halides is 6. The van der Waals surface area contributed by atoms with Crippen LogP contribution in [0.15, 0.2) is 29.4 Å². The largest absolute Gasteiger partial charge is 0.438 e. The molecule has 132 valence electrons. The molecule has 0 saturated heterocycles. The second kappa shape index (κ2) is 5.61. The van der Waals surface area contributed by atoms with Gasteiger partial charge in [0.2, 0.25) is 0 Å². The summed E-state index contributed by atoms with van der Waals surface area (Å²) in [5.74, 6) is 0. The summed E-state index contributed by atoms with van der Waals surface area (Å²) in [6.07, 6.45) is -11.8. The minimum atomic E-state index is -5.21. The first-order chi connectivity index (χ1) is 10.9. The van der Waals surface area contributed by atoms with Crippen molar-refractivity contribution in [1.29, 1.82) is 0 Å². The topological polar surface area (TPSA) is 68.0 Å². The van der Waals surface area contributed by atoms with Gasteiger partial charge in [-0.15, -0.1) is 0 Å². The molecule has 0 aromatic heterocycles. The first-order valence-corrected chi connectivity index (χ1v) is 6.23. The van der Waals surface area contributed by atoms with Gasteiger partial charge in [0.25, 0.3) is 11.4 Å². The quantitative estimate of drug-likeness (QED) is 0.471. The normalized spacial score (nSPS) is 21.8. The molecule has 0 spiro atoms. The van der Waals surface area contributed by atoms with Crippen LogP contribution in [0.2, 0.25) is 0 Å². The third-order valence-corrected chi connectivity index (χ3v) is 3.38. The lowest BCUT2D eigenvalue weighted by molar-refractivity contribution is -0.384. The highest BCUT2D eigenvalue weighted by molar-refractivity contribution is 5.94. The van der Waals surface area contributed by atoms with Crippen LogP contribution >= 0.6 is 0 Å². The molecular weight excluding hydrogens is 348 g/mol. The van der Waals surface area contributed by atoms with Gasteiger partial charge in [-0.05, 0) is 12.1 Å². The minimum absolute atomic E-state index is 0.0412. The molecule has 6 nitrogen and oxygen atoms in total. The maximum absolute atomic E-state index is 13.4. The average molecular weight is 357 g/mol. The van der Waals surface area contributed by atoms with Crippen LogP contribution in [0, 0.1) is 10.1 Å². The molecule has 2 rings (SSSR count). The van der Waals surface area contributed by atoms with Crippen molar-refractivity contribution in [2.75, 3.05) is 12.1 Å². The number of hydrogen-bond acceptors (Lipinski definition) is 5. The Balaban J connectivity index is 2.55. The van der Waals surface area contributed by atoms with E-state index in [0.717, 1.165) is 24.3 Å². The number of methoxy groups -OCH3 is 1. The summed E-state index contributed by atoms with van der Waals surface area (Å²) < 4.78 is 83.1. The number of benzene rings is 1. The molecule has 1 aliphatic rings. The smallest absolute Gasteiger partial charge is 0.349 e. The fourth-order valence-corrected chi connectivity index (χ4v) is 2.17. The van der Waals surface area contributed by atoms with Crippen LogP contribution in [0.5, 0.6) is 0 Å². The number of nitro benzene ring substituents is 1. The first-order valence-electron chi connectivity index (χ1n) is 6.23. The van der Waals surface area contributed by atoms with Crippen molar-refractivity contribution >= 4 is 17.1 Å². The zero-order valence-electron chi connectivity index (χ0n) is 11.9. The van der Waals surface area contributed by atoms with E-state index >= 15 is 0 Å². The molecule has 0 amide bonds. The Hall–Kier alpha value is -2.37. The Bertz CT molecular complexity index is 670. The van der Waals surface area contributed by atoms with Gasteiger partial charge in [0.05, 0.1) is 17.0 Å². The van der Waals surface area contributed by atoms with E-state index < -0.39 is 46.5 Å². The van der Waals surface area contributed by atoms with E-state index in [0.29, 0.717) is 7.11 Å². The molecule has 1 aromatic carbocycles. The van der Waals surface area contributed by atoms with Gasteiger partial charge >= 0.3 is 12.4 Å². The van der Waals surface area contributed by atoms with Gasteiger partial charge in [-0.2, -0.15) is 31.4 Å². The standard InChI is InChI=1S/C12H9F6N3O3/c1-24-10(12(16,17)18)6-9(11(13,14)15)19-20(10)7-2-4-8(5-3-7)21(22)23/h2-5H,6H2,1H3. The van der Waals surface area contributed by atoms with E-state index in [-0.39, 0.29) is 5.01 Å². The highest BCUT2D eigenvalue weighted by atomic mass is 19.4. The number of nitrogens with zero attached hydrogens (tertiary/aromatic N) is 3. The molecular formula is C12H9F6N3O3. The van der Waals surface area contributed by atoms with Gasteiger partial charge in [0.15, 0.2) is 0 Å². The molecule has 12 heteroatoms. The number of nitro groups is 1. The second-order valence-electron chi connectivity index (χ2n) is 4.79. The van der Waals surface area contributed by atoms with Crippen LogP contribution in [0.4, 0.5) is 37.7 Å². The lowest BCUT2D eigenvalue weighted by Gasteiger charge is -2.37. The molecule has 0 aliphatic carbocycles. The highest BCUT2D eigenvalue weighted by Gasteiger charge is 2.66. The Morgan fingerprint density at radius 1 is 1.21 bits per heavy atom. The van der Waals surface area contributed by atoms with E-state index in [2.05, 4.69) is 9.84 Å². The lowest BCUT2D eigenvalue weighted by atomic mass is 10.1. The molecule has 24 heavy (non-hydrogen) atoms. The summed E-state index contributed by atoms with van der Waals surface area (Å²) in [4.78, 5) is 9.77. The van der Waals surface area contributed by atoms with Gasteiger partial charge in [0, 0.05) is 19.2 Å². The molecule has 0 bridgehead atoms. The third kappa shape index (κ3) is 2.88. The number of anilines is 1. The summed E-state index contributed by atoms with van der Waals surface area (Å²) in [6.45, 7) is 0. The van der Waals surface area contributed by atoms with Crippen molar-refractivity contribution in [1.82, 2.24) is 0 Å². The van der Waals surface area contributed by atoms with Gasteiger partial charge in [0.1, 0.15) is 5.71 Å². The van der Waals surface area contributed by atoms with Crippen molar-refractivity contribution in [3.8, 4) is 0 Å². The maximum atomic E-state index is 13.4.